The van der Waals surface area contributed by atoms with Crippen LogP contribution >= 0.6 is 0 Å². The molecular weight excluding hydrogens is 283 g/mol. The van der Waals surface area contributed by atoms with Crippen molar-refractivity contribution in [1.29, 1.82) is 0 Å². The minimum absolute atomic E-state index is 0.0352. The second kappa shape index (κ2) is 7.66. The fourth-order valence-corrected chi connectivity index (χ4v) is 2.45. The largest absolute Gasteiger partial charge is 0.389 e. The highest BCUT2D eigenvalue weighted by Crippen LogP contribution is 2.21. The van der Waals surface area contributed by atoms with Gasteiger partial charge in [0.25, 0.3) is 0 Å². The van der Waals surface area contributed by atoms with Crippen molar-refractivity contribution in [3.63, 3.8) is 0 Å². The van der Waals surface area contributed by atoms with Crippen molar-refractivity contribution in [2.45, 2.75) is 44.3 Å². The standard InChI is InChI=1S/C15H20F3NO2/c16-10-6-13(17)15(18)14(7-10)19-8-11(20)9-21-12-4-2-1-3-5-12/h6-7,11-12,19-20H,1-5,8-9H2. The number of nitrogens with one attached hydrogen (secondary N) is 1. The molecule has 1 aromatic rings. The van der Waals surface area contributed by atoms with Gasteiger partial charge in [-0.05, 0) is 12.8 Å². The summed E-state index contributed by atoms with van der Waals surface area (Å²) in [5.41, 5.74) is -0.302. The maximum atomic E-state index is 13.4. The molecule has 0 aromatic heterocycles. The summed E-state index contributed by atoms with van der Waals surface area (Å²) >= 11 is 0. The quantitative estimate of drug-likeness (QED) is 0.793. The predicted molar refractivity (Wildman–Crippen MR) is 73.6 cm³/mol. The summed E-state index contributed by atoms with van der Waals surface area (Å²) in [7, 11) is 0. The number of hydrogen-bond donors (Lipinski definition) is 2. The van der Waals surface area contributed by atoms with Crippen LogP contribution in [0.2, 0.25) is 0 Å². The third kappa shape index (κ3) is 4.89. The van der Waals surface area contributed by atoms with Gasteiger partial charge in [-0.3, -0.25) is 0 Å². The molecular formula is C15H20F3NO2. The van der Waals surface area contributed by atoms with Crippen LogP contribution in [0, 0.1) is 17.5 Å². The van der Waals surface area contributed by atoms with Gasteiger partial charge in [0.15, 0.2) is 11.6 Å². The van der Waals surface area contributed by atoms with Gasteiger partial charge in [-0.25, -0.2) is 13.2 Å². The molecule has 3 nitrogen and oxygen atoms in total. The number of benzene rings is 1. The van der Waals surface area contributed by atoms with Gasteiger partial charge in [0.2, 0.25) is 0 Å². The lowest BCUT2D eigenvalue weighted by molar-refractivity contribution is -0.0195. The van der Waals surface area contributed by atoms with Crippen molar-refractivity contribution < 1.29 is 23.0 Å². The second-order valence-corrected chi connectivity index (χ2v) is 5.38. The summed E-state index contributed by atoms with van der Waals surface area (Å²) in [4.78, 5) is 0. The van der Waals surface area contributed by atoms with Crippen LogP contribution in [0.25, 0.3) is 0 Å². The summed E-state index contributed by atoms with van der Waals surface area (Å²) in [6.45, 7) is 0.0869. The zero-order valence-corrected chi connectivity index (χ0v) is 11.7. The Morgan fingerprint density at radius 3 is 2.62 bits per heavy atom. The van der Waals surface area contributed by atoms with Gasteiger partial charge < -0.3 is 15.2 Å². The highest BCUT2D eigenvalue weighted by Gasteiger charge is 2.16. The van der Waals surface area contributed by atoms with Gasteiger partial charge in [-0.15, -0.1) is 0 Å². The van der Waals surface area contributed by atoms with Crippen LogP contribution in [0.15, 0.2) is 12.1 Å². The molecule has 1 unspecified atom stereocenters. The van der Waals surface area contributed by atoms with Crippen molar-refractivity contribution in [2.24, 2.45) is 0 Å². The first-order chi connectivity index (χ1) is 10.1. The molecule has 118 valence electrons. The van der Waals surface area contributed by atoms with Gasteiger partial charge in [0.1, 0.15) is 5.82 Å². The minimum Gasteiger partial charge on any atom is -0.389 e. The maximum absolute atomic E-state index is 13.4. The van der Waals surface area contributed by atoms with Crippen molar-refractivity contribution in [2.75, 3.05) is 18.5 Å². The van der Waals surface area contributed by atoms with Gasteiger partial charge in [-0.1, -0.05) is 19.3 Å². The summed E-state index contributed by atoms with van der Waals surface area (Å²) in [5, 5.41) is 12.3. The fourth-order valence-electron chi connectivity index (χ4n) is 2.45. The van der Waals surface area contributed by atoms with Crippen molar-refractivity contribution in [3.8, 4) is 0 Å². The molecule has 0 spiro atoms. The molecule has 1 aromatic carbocycles. The van der Waals surface area contributed by atoms with Crippen LogP contribution in [-0.2, 0) is 4.74 Å². The Morgan fingerprint density at radius 1 is 1.19 bits per heavy atom. The van der Waals surface area contributed by atoms with E-state index in [0.717, 1.165) is 31.7 Å². The van der Waals surface area contributed by atoms with E-state index in [1.54, 1.807) is 0 Å². The average Bonchev–Trinajstić information content (AvgIpc) is 2.48. The molecule has 2 rings (SSSR count). The Hall–Kier alpha value is -1.27. The van der Waals surface area contributed by atoms with Crippen LogP contribution in [-0.4, -0.2) is 30.5 Å². The number of aliphatic hydroxyl groups excluding tert-OH is 1. The van der Waals surface area contributed by atoms with Gasteiger partial charge >= 0.3 is 0 Å². The zero-order chi connectivity index (χ0) is 15.2. The monoisotopic (exact) mass is 303 g/mol. The fraction of sp³-hybridized carbons (Fsp3) is 0.600. The Labute approximate surface area is 122 Å². The molecule has 2 N–H and O–H groups in total. The number of rotatable bonds is 6. The smallest absolute Gasteiger partial charge is 0.182 e. The van der Waals surface area contributed by atoms with E-state index in [1.165, 1.54) is 6.42 Å². The van der Waals surface area contributed by atoms with Gasteiger partial charge in [-0.2, -0.15) is 0 Å². The van der Waals surface area contributed by atoms with Crippen molar-refractivity contribution in [1.82, 2.24) is 0 Å². The molecule has 21 heavy (non-hydrogen) atoms. The average molecular weight is 303 g/mol. The third-order valence-electron chi connectivity index (χ3n) is 3.60. The summed E-state index contributed by atoms with van der Waals surface area (Å²) in [6, 6.07) is 1.33. The van der Waals surface area contributed by atoms with Crippen molar-refractivity contribution in [3.05, 3.63) is 29.6 Å². The summed E-state index contributed by atoms with van der Waals surface area (Å²) < 4.78 is 45.0. The predicted octanol–water partition coefficient (Wildman–Crippen LogP) is 3.23. The van der Waals surface area contributed by atoms with E-state index in [2.05, 4.69) is 5.32 Å². The third-order valence-corrected chi connectivity index (χ3v) is 3.60. The molecule has 0 radical (unpaired) electrons. The number of halogens is 3. The molecule has 1 aliphatic rings. The van der Waals surface area contributed by atoms with Crippen LogP contribution < -0.4 is 5.32 Å². The first kappa shape index (κ1) is 16.1. The first-order valence-electron chi connectivity index (χ1n) is 7.24. The molecule has 0 bridgehead atoms. The molecule has 0 saturated heterocycles. The number of hydrogen-bond acceptors (Lipinski definition) is 3. The first-order valence-corrected chi connectivity index (χ1v) is 7.24. The van der Waals surface area contributed by atoms with E-state index >= 15 is 0 Å². The Kier molecular flexibility index (Phi) is 5.87. The van der Waals surface area contributed by atoms with Crippen LogP contribution in [0.5, 0.6) is 0 Å². The minimum atomic E-state index is -1.26. The second-order valence-electron chi connectivity index (χ2n) is 5.38. The molecule has 1 fully saturated rings. The van der Waals surface area contributed by atoms with E-state index in [1.807, 2.05) is 0 Å². The lowest BCUT2D eigenvalue weighted by Gasteiger charge is -2.23. The lowest BCUT2D eigenvalue weighted by Crippen LogP contribution is -2.29. The highest BCUT2D eigenvalue weighted by atomic mass is 19.2. The lowest BCUT2D eigenvalue weighted by atomic mass is 9.98. The Bertz CT molecular complexity index is 464. The van der Waals surface area contributed by atoms with E-state index in [-0.39, 0.29) is 24.9 Å². The molecule has 0 heterocycles. The van der Waals surface area contributed by atoms with E-state index in [4.69, 9.17) is 4.74 Å². The summed E-state index contributed by atoms with van der Waals surface area (Å²) in [5.74, 6) is -3.29. The van der Waals surface area contributed by atoms with Gasteiger partial charge in [0.05, 0.1) is 24.5 Å². The summed E-state index contributed by atoms with van der Waals surface area (Å²) in [6.07, 6.45) is 4.76. The van der Waals surface area contributed by atoms with E-state index < -0.39 is 23.6 Å². The van der Waals surface area contributed by atoms with E-state index in [9.17, 15) is 18.3 Å². The van der Waals surface area contributed by atoms with Crippen LogP contribution in [0.4, 0.5) is 18.9 Å². The normalized spacial score (nSPS) is 17.7. The maximum Gasteiger partial charge on any atom is 0.182 e. The van der Waals surface area contributed by atoms with Crippen LogP contribution in [0.1, 0.15) is 32.1 Å². The SMILES string of the molecule is OC(CNc1cc(F)cc(F)c1F)COC1CCCCC1. The highest BCUT2D eigenvalue weighted by molar-refractivity contribution is 5.45. The van der Waals surface area contributed by atoms with E-state index in [0.29, 0.717) is 6.07 Å². The molecule has 1 saturated carbocycles. The number of aliphatic hydroxyl groups is 1. The topological polar surface area (TPSA) is 41.5 Å². The Morgan fingerprint density at radius 2 is 1.90 bits per heavy atom. The Balaban J connectivity index is 1.77. The molecule has 1 aliphatic carbocycles. The number of ether oxygens (including phenoxy) is 1. The van der Waals surface area contributed by atoms with Crippen molar-refractivity contribution >= 4 is 5.69 Å². The van der Waals surface area contributed by atoms with Gasteiger partial charge in [0, 0.05) is 18.7 Å². The molecule has 0 amide bonds. The molecule has 6 heteroatoms. The number of anilines is 1. The van der Waals surface area contributed by atoms with Crippen LogP contribution in [0.3, 0.4) is 0 Å². The zero-order valence-electron chi connectivity index (χ0n) is 11.7. The molecule has 1 atom stereocenters. The molecule has 0 aliphatic heterocycles.